The van der Waals surface area contributed by atoms with E-state index in [0.717, 1.165) is 17.8 Å². The van der Waals surface area contributed by atoms with Crippen LogP contribution in [0.4, 0.5) is 5.69 Å². The molecule has 0 saturated carbocycles. The van der Waals surface area contributed by atoms with E-state index in [4.69, 9.17) is 0 Å². The average molecular weight is 228 g/mol. The summed E-state index contributed by atoms with van der Waals surface area (Å²) in [5.41, 5.74) is 3.19. The van der Waals surface area contributed by atoms with Gasteiger partial charge in [0, 0.05) is 12.6 Å². The zero-order valence-electron chi connectivity index (χ0n) is 10.7. The first kappa shape index (κ1) is 12.0. The van der Waals surface area contributed by atoms with Crippen molar-refractivity contribution in [3.05, 3.63) is 29.3 Å². The molecule has 2 heteroatoms. The van der Waals surface area contributed by atoms with E-state index >= 15 is 0 Å². The molecule has 1 atom stereocenters. The Bertz CT molecular complexity index is 431. The molecule has 1 fully saturated rings. The summed E-state index contributed by atoms with van der Waals surface area (Å²) >= 11 is 0. The van der Waals surface area contributed by atoms with Gasteiger partial charge in [-0.05, 0) is 50.3 Å². The quantitative estimate of drug-likeness (QED) is 0.772. The van der Waals surface area contributed by atoms with Crippen molar-refractivity contribution in [3.63, 3.8) is 0 Å². The summed E-state index contributed by atoms with van der Waals surface area (Å²) in [6.07, 6.45) is 4.99. The molecule has 1 aromatic carbocycles. The van der Waals surface area contributed by atoms with Crippen molar-refractivity contribution in [2.24, 2.45) is 0 Å². The van der Waals surface area contributed by atoms with Crippen LogP contribution in [0.2, 0.25) is 0 Å². The highest BCUT2D eigenvalue weighted by Gasteiger charge is 2.22. The van der Waals surface area contributed by atoms with E-state index in [2.05, 4.69) is 30.9 Å². The fraction of sp³-hybridized carbons (Fsp3) is 0.533. The van der Waals surface area contributed by atoms with Gasteiger partial charge in [0.2, 0.25) is 0 Å². The van der Waals surface area contributed by atoms with E-state index in [9.17, 15) is 5.26 Å². The van der Waals surface area contributed by atoms with E-state index in [1.54, 1.807) is 0 Å². The smallest absolute Gasteiger partial charge is 0.101 e. The summed E-state index contributed by atoms with van der Waals surface area (Å²) in [5, 5.41) is 9.22. The van der Waals surface area contributed by atoms with E-state index in [1.807, 2.05) is 12.1 Å². The first-order valence-corrected chi connectivity index (χ1v) is 6.53. The Morgan fingerprint density at radius 2 is 2.24 bits per heavy atom. The fourth-order valence-corrected chi connectivity index (χ4v) is 2.72. The van der Waals surface area contributed by atoms with Crippen LogP contribution in [-0.2, 0) is 0 Å². The summed E-state index contributed by atoms with van der Waals surface area (Å²) in [4.78, 5) is 2.44. The zero-order valence-corrected chi connectivity index (χ0v) is 10.7. The minimum atomic E-state index is 0.609. The van der Waals surface area contributed by atoms with Crippen molar-refractivity contribution >= 4 is 5.69 Å². The van der Waals surface area contributed by atoms with Crippen LogP contribution in [0, 0.1) is 18.3 Å². The highest BCUT2D eigenvalue weighted by molar-refractivity contribution is 5.61. The van der Waals surface area contributed by atoms with Crippen LogP contribution in [0.5, 0.6) is 0 Å². The van der Waals surface area contributed by atoms with Gasteiger partial charge < -0.3 is 4.90 Å². The normalized spacial score (nSPS) is 20.1. The fourth-order valence-electron chi connectivity index (χ4n) is 2.72. The number of hydrogen-bond donors (Lipinski definition) is 0. The van der Waals surface area contributed by atoms with Gasteiger partial charge in [-0.15, -0.1) is 0 Å². The molecule has 0 N–H and O–H groups in total. The van der Waals surface area contributed by atoms with Crippen molar-refractivity contribution in [2.45, 2.75) is 45.6 Å². The van der Waals surface area contributed by atoms with E-state index < -0.39 is 0 Å². The van der Waals surface area contributed by atoms with E-state index in [-0.39, 0.29) is 0 Å². The SMILES string of the molecule is CCC1CCCCN1c1cc(C)ccc1C#N. The highest BCUT2D eigenvalue weighted by atomic mass is 15.2. The first-order chi connectivity index (χ1) is 8.26. The molecule has 0 amide bonds. The number of hydrogen-bond acceptors (Lipinski definition) is 2. The molecular weight excluding hydrogens is 208 g/mol. The molecule has 0 aromatic heterocycles. The number of benzene rings is 1. The number of nitriles is 1. The predicted octanol–water partition coefficient (Wildman–Crippen LogP) is 3.64. The molecule has 1 aliphatic rings. The molecule has 0 radical (unpaired) electrons. The summed E-state index contributed by atoms with van der Waals surface area (Å²) in [6.45, 7) is 5.43. The van der Waals surface area contributed by atoms with Gasteiger partial charge >= 0.3 is 0 Å². The third kappa shape index (κ3) is 2.44. The Hall–Kier alpha value is -1.49. The van der Waals surface area contributed by atoms with Crippen LogP contribution in [-0.4, -0.2) is 12.6 Å². The lowest BCUT2D eigenvalue weighted by Gasteiger charge is -2.37. The minimum Gasteiger partial charge on any atom is -0.367 e. The number of nitrogens with zero attached hydrogens (tertiary/aromatic N) is 2. The molecule has 0 spiro atoms. The maximum Gasteiger partial charge on any atom is 0.101 e. The third-order valence-electron chi connectivity index (χ3n) is 3.68. The zero-order chi connectivity index (χ0) is 12.3. The van der Waals surface area contributed by atoms with Crippen LogP contribution in [0.3, 0.4) is 0 Å². The lowest BCUT2D eigenvalue weighted by Crippen LogP contribution is -2.39. The monoisotopic (exact) mass is 228 g/mol. The molecule has 2 nitrogen and oxygen atoms in total. The molecule has 90 valence electrons. The van der Waals surface area contributed by atoms with Crippen LogP contribution in [0.1, 0.15) is 43.7 Å². The summed E-state index contributed by atoms with van der Waals surface area (Å²) in [7, 11) is 0. The van der Waals surface area contributed by atoms with Crippen molar-refractivity contribution in [3.8, 4) is 6.07 Å². The average Bonchev–Trinajstić information content (AvgIpc) is 2.38. The van der Waals surface area contributed by atoms with Crippen molar-refractivity contribution in [2.75, 3.05) is 11.4 Å². The second-order valence-electron chi connectivity index (χ2n) is 4.88. The largest absolute Gasteiger partial charge is 0.367 e. The predicted molar refractivity (Wildman–Crippen MR) is 71.2 cm³/mol. The van der Waals surface area contributed by atoms with Gasteiger partial charge in [0.25, 0.3) is 0 Å². The highest BCUT2D eigenvalue weighted by Crippen LogP contribution is 2.29. The topological polar surface area (TPSA) is 27.0 Å². The van der Waals surface area contributed by atoms with Gasteiger partial charge in [-0.3, -0.25) is 0 Å². The second kappa shape index (κ2) is 5.23. The van der Waals surface area contributed by atoms with Crippen molar-refractivity contribution in [1.82, 2.24) is 0 Å². The molecule has 1 saturated heterocycles. The molecule has 0 bridgehead atoms. The lowest BCUT2D eigenvalue weighted by molar-refractivity contribution is 0.450. The van der Waals surface area contributed by atoms with Gasteiger partial charge in [0.05, 0.1) is 11.3 Å². The number of rotatable bonds is 2. The number of aryl methyl sites for hydroxylation is 1. The Morgan fingerprint density at radius 1 is 1.41 bits per heavy atom. The van der Waals surface area contributed by atoms with Gasteiger partial charge in [-0.2, -0.15) is 5.26 Å². The van der Waals surface area contributed by atoms with Gasteiger partial charge in [-0.25, -0.2) is 0 Å². The molecular formula is C15H20N2. The van der Waals surface area contributed by atoms with Crippen LogP contribution < -0.4 is 4.90 Å². The van der Waals surface area contributed by atoms with Crippen LogP contribution >= 0.6 is 0 Å². The van der Waals surface area contributed by atoms with Gasteiger partial charge in [-0.1, -0.05) is 13.0 Å². The third-order valence-corrected chi connectivity index (χ3v) is 3.68. The molecule has 1 aliphatic heterocycles. The maximum atomic E-state index is 9.22. The molecule has 2 rings (SSSR count). The van der Waals surface area contributed by atoms with Crippen LogP contribution in [0.15, 0.2) is 18.2 Å². The molecule has 17 heavy (non-hydrogen) atoms. The number of piperidine rings is 1. The molecule has 1 aromatic rings. The maximum absolute atomic E-state index is 9.22. The standard InChI is InChI=1S/C15H20N2/c1-3-14-6-4-5-9-17(14)15-10-12(2)7-8-13(15)11-16/h7-8,10,14H,3-6,9H2,1-2H3. The van der Waals surface area contributed by atoms with Crippen LogP contribution in [0.25, 0.3) is 0 Å². The molecule has 1 heterocycles. The van der Waals surface area contributed by atoms with E-state index in [1.165, 1.54) is 31.2 Å². The molecule has 1 unspecified atom stereocenters. The first-order valence-electron chi connectivity index (χ1n) is 6.53. The Labute approximate surface area is 104 Å². The summed E-state index contributed by atoms with van der Waals surface area (Å²) in [5.74, 6) is 0. The minimum absolute atomic E-state index is 0.609. The Balaban J connectivity index is 2.37. The van der Waals surface area contributed by atoms with Gasteiger partial charge in [0.1, 0.15) is 6.07 Å². The Morgan fingerprint density at radius 3 is 2.94 bits per heavy atom. The lowest BCUT2D eigenvalue weighted by atomic mass is 9.97. The van der Waals surface area contributed by atoms with Gasteiger partial charge in [0.15, 0.2) is 0 Å². The molecule has 0 aliphatic carbocycles. The number of anilines is 1. The summed E-state index contributed by atoms with van der Waals surface area (Å²) < 4.78 is 0. The van der Waals surface area contributed by atoms with E-state index in [0.29, 0.717) is 6.04 Å². The van der Waals surface area contributed by atoms with Crippen molar-refractivity contribution < 1.29 is 0 Å². The Kier molecular flexibility index (Phi) is 3.68. The van der Waals surface area contributed by atoms with Crippen molar-refractivity contribution in [1.29, 1.82) is 5.26 Å². The summed E-state index contributed by atoms with van der Waals surface area (Å²) in [6, 6.07) is 9.06. The second-order valence-corrected chi connectivity index (χ2v) is 4.88.